The number of rotatable bonds is 9. The fraction of sp³-hybridized carbons (Fsp3) is 0.385. The van der Waals surface area contributed by atoms with Crippen LogP contribution in [0.15, 0.2) is 54.6 Å². The van der Waals surface area contributed by atoms with E-state index in [1.165, 1.54) is 6.92 Å². The predicted octanol–water partition coefficient (Wildman–Crippen LogP) is 2.94. The molecular formula is C26H28O11. The summed E-state index contributed by atoms with van der Waals surface area (Å²) in [7, 11) is 0. The number of hydrogen-bond acceptors (Lipinski definition) is 11. The molecule has 0 radical (unpaired) electrons. The van der Waals surface area contributed by atoms with E-state index in [-0.39, 0.29) is 12.4 Å². The summed E-state index contributed by atoms with van der Waals surface area (Å²) >= 11 is 0. The molecule has 0 N–H and O–H groups in total. The highest BCUT2D eigenvalue weighted by molar-refractivity contribution is 5.68. The average Bonchev–Trinajstić information content (AvgIpc) is 2.81. The Bertz CT molecular complexity index is 1100. The third kappa shape index (κ3) is 8.21. The molecule has 198 valence electrons. The minimum Gasteiger partial charge on any atom is -0.463 e. The standard InChI is InChI=1S/C26H28O11/c1-15(27)31-14-22-23(32-16(2)28)24(33-17(3)29)25(34-18(4)30)26(37-22)36-21-12-8-11-20(13-21)35-19-9-6-5-7-10-19/h5-13,22-26H,14H2,1-4H3/t22-,23+,24+,25+,26-/m1/s1. The van der Waals surface area contributed by atoms with Crippen molar-refractivity contribution >= 4 is 23.9 Å². The first-order valence-electron chi connectivity index (χ1n) is 11.4. The first-order valence-corrected chi connectivity index (χ1v) is 11.4. The monoisotopic (exact) mass is 516 g/mol. The summed E-state index contributed by atoms with van der Waals surface area (Å²) < 4.78 is 39.0. The zero-order valence-corrected chi connectivity index (χ0v) is 20.8. The van der Waals surface area contributed by atoms with Crippen molar-refractivity contribution in [2.24, 2.45) is 0 Å². The van der Waals surface area contributed by atoms with Gasteiger partial charge in [0, 0.05) is 33.8 Å². The van der Waals surface area contributed by atoms with E-state index in [1.54, 1.807) is 36.4 Å². The summed E-state index contributed by atoms with van der Waals surface area (Å²) in [4.78, 5) is 47.2. The molecule has 2 aromatic rings. The van der Waals surface area contributed by atoms with Gasteiger partial charge < -0.3 is 33.2 Å². The Balaban J connectivity index is 1.93. The lowest BCUT2D eigenvalue weighted by molar-refractivity contribution is -0.288. The fourth-order valence-electron chi connectivity index (χ4n) is 3.65. The maximum Gasteiger partial charge on any atom is 0.303 e. The quantitative estimate of drug-likeness (QED) is 0.360. The molecule has 11 nitrogen and oxygen atoms in total. The largest absolute Gasteiger partial charge is 0.463 e. The highest BCUT2D eigenvalue weighted by atomic mass is 16.7. The smallest absolute Gasteiger partial charge is 0.303 e. The van der Waals surface area contributed by atoms with Crippen molar-refractivity contribution in [1.29, 1.82) is 0 Å². The summed E-state index contributed by atoms with van der Waals surface area (Å²) in [6.45, 7) is 4.29. The van der Waals surface area contributed by atoms with E-state index in [2.05, 4.69) is 0 Å². The zero-order valence-electron chi connectivity index (χ0n) is 20.8. The Labute approximate surface area is 213 Å². The minimum atomic E-state index is -1.34. The van der Waals surface area contributed by atoms with Crippen LogP contribution < -0.4 is 9.47 Å². The van der Waals surface area contributed by atoms with Crippen molar-refractivity contribution in [2.75, 3.05) is 6.61 Å². The van der Waals surface area contributed by atoms with Gasteiger partial charge in [0.25, 0.3) is 0 Å². The molecule has 5 atom stereocenters. The number of benzene rings is 2. The van der Waals surface area contributed by atoms with Crippen molar-refractivity contribution in [2.45, 2.75) is 58.4 Å². The second kappa shape index (κ2) is 12.7. The molecule has 0 spiro atoms. The maximum absolute atomic E-state index is 12.0. The lowest BCUT2D eigenvalue weighted by Gasteiger charge is -2.43. The average molecular weight is 516 g/mol. The van der Waals surface area contributed by atoms with E-state index in [1.807, 2.05) is 18.2 Å². The van der Waals surface area contributed by atoms with E-state index < -0.39 is 54.6 Å². The molecule has 1 aliphatic rings. The van der Waals surface area contributed by atoms with Crippen LogP contribution in [0.25, 0.3) is 0 Å². The molecule has 0 saturated carbocycles. The highest BCUT2D eigenvalue weighted by Gasteiger charge is 2.53. The van der Waals surface area contributed by atoms with Crippen LogP contribution in [0.4, 0.5) is 0 Å². The topological polar surface area (TPSA) is 133 Å². The third-order valence-electron chi connectivity index (χ3n) is 4.98. The molecule has 11 heteroatoms. The molecule has 1 fully saturated rings. The van der Waals surface area contributed by atoms with Gasteiger partial charge >= 0.3 is 23.9 Å². The van der Waals surface area contributed by atoms with Gasteiger partial charge in [-0.15, -0.1) is 0 Å². The molecule has 1 saturated heterocycles. The Morgan fingerprint density at radius 1 is 0.676 bits per heavy atom. The van der Waals surface area contributed by atoms with E-state index in [0.29, 0.717) is 11.5 Å². The molecule has 0 bridgehead atoms. The Hall–Kier alpha value is -4.12. The third-order valence-corrected chi connectivity index (χ3v) is 4.98. The van der Waals surface area contributed by atoms with Crippen LogP contribution in [0.2, 0.25) is 0 Å². The van der Waals surface area contributed by atoms with Crippen LogP contribution in [0.1, 0.15) is 27.7 Å². The van der Waals surface area contributed by atoms with E-state index in [0.717, 1.165) is 20.8 Å². The summed E-state index contributed by atoms with van der Waals surface area (Å²) in [6.07, 6.45) is -6.38. The number of para-hydroxylation sites is 1. The molecule has 37 heavy (non-hydrogen) atoms. The number of hydrogen-bond donors (Lipinski definition) is 0. The summed E-state index contributed by atoms with van der Waals surface area (Å²) in [5.41, 5.74) is 0. The molecule has 1 heterocycles. The Morgan fingerprint density at radius 3 is 1.86 bits per heavy atom. The summed E-state index contributed by atoms with van der Waals surface area (Å²) in [5.74, 6) is -1.45. The second-order valence-electron chi connectivity index (χ2n) is 8.08. The van der Waals surface area contributed by atoms with Crippen molar-refractivity contribution in [3.8, 4) is 17.2 Å². The molecule has 0 amide bonds. The zero-order chi connectivity index (χ0) is 26.9. The maximum atomic E-state index is 12.0. The molecule has 0 unspecified atom stereocenters. The first-order chi connectivity index (χ1) is 17.6. The van der Waals surface area contributed by atoms with Gasteiger partial charge in [-0.3, -0.25) is 19.2 Å². The van der Waals surface area contributed by atoms with Crippen LogP contribution >= 0.6 is 0 Å². The van der Waals surface area contributed by atoms with Crippen molar-refractivity contribution in [1.82, 2.24) is 0 Å². The van der Waals surface area contributed by atoms with Crippen LogP contribution in [0.3, 0.4) is 0 Å². The number of carbonyl (C=O) groups is 4. The molecule has 3 rings (SSSR count). The van der Waals surface area contributed by atoms with Gasteiger partial charge in [0.15, 0.2) is 12.2 Å². The van der Waals surface area contributed by atoms with Gasteiger partial charge in [-0.25, -0.2) is 0 Å². The Morgan fingerprint density at radius 2 is 1.24 bits per heavy atom. The normalized spacial score (nSPS) is 22.8. The molecule has 0 aromatic heterocycles. The second-order valence-corrected chi connectivity index (χ2v) is 8.08. The van der Waals surface area contributed by atoms with Gasteiger partial charge in [0.05, 0.1) is 0 Å². The lowest BCUT2D eigenvalue weighted by Crippen LogP contribution is -2.63. The van der Waals surface area contributed by atoms with Gasteiger partial charge in [0.1, 0.15) is 30.0 Å². The highest BCUT2D eigenvalue weighted by Crippen LogP contribution is 2.32. The minimum absolute atomic E-state index is 0.273. The molecule has 0 aliphatic carbocycles. The van der Waals surface area contributed by atoms with Crippen molar-refractivity contribution in [3.63, 3.8) is 0 Å². The fourth-order valence-corrected chi connectivity index (χ4v) is 3.65. The van der Waals surface area contributed by atoms with Crippen LogP contribution in [0, 0.1) is 0 Å². The van der Waals surface area contributed by atoms with Crippen molar-refractivity contribution in [3.05, 3.63) is 54.6 Å². The molecule has 1 aliphatic heterocycles. The summed E-state index contributed by atoms with van der Waals surface area (Å²) in [5, 5.41) is 0. The van der Waals surface area contributed by atoms with Crippen molar-refractivity contribution < 1.29 is 52.3 Å². The summed E-state index contributed by atoms with van der Waals surface area (Å²) in [6, 6.07) is 15.7. The van der Waals surface area contributed by atoms with Crippen LogP contribution in [-0.2, 0) is 42.9 Å². The van der Waals surface area contributed by atoms with Gasteiger partial charge in [-0.2, -0.15) is 0 Å². The van der Waals surface area contributed by atoms with Gasteiger partial charge in [-0.1, -0.05) is 24.3 Å². The van der Waals surface area contributed by atoms with E-state index in [4.69, 9.17) is 33.2 Å². The predicted molar refractivity (Wildman–Crippen MR) is 126 cm³/mol. The Kier molecular flexibility index (Phi) is 9.45. The number of ether oxygens (including phenoxy) is 7. The number of carbonyl (C=O) groups excluding carboxylic acids is 4. The van der Waals surface area contributed by atoms with Gasteiger partial charge in [-0.05, 0) is 24.3 Å². The van der Waals surface area contributed by atoms with Crippen LogP contribution in [0.5, 0.6) is 17.2 Å². The first kappa shape index (κ1) is 27.5. The lowest BCUT2D eigenvalue weighted by atomic mass is 9.98. The van der Waals surface area contributed by atoms with E-state index in [9.17, 15) is 19.2 Å². The SMILES string of the molecule is CC(=O)OC[C@H]1O[C@@H](Oc2cccc(Oc3ccccc3)c2)[C@@H](OC(C)=O)[C@@H](OC(C)=O)[C@H]1OC(C)=O. The molecule has 2 aromatic carbocycles. The molecular weight excluding hydrogens is 488 g/mol. The van der Waals surface area contributed by atoms with Gasteiger partial charge in [0.2, 0.25) is 12.4 Å². The van der Waals surface area contributed by atoms with Crippen LogP contribution in [-0.4, -0.2) is 61.2 Å². The van der Waals surface area contributed by atoms with E-state index >= 15 is 0 Å². The number of esters is 4.